The molecule has 3 atom stereocenters. The van der Waals surface area contributed by atoms with Crippen molar-refractivity contribution in [3.8, 4) is 0 Å². The van der Waals surface area contributed by atoms with Crippen LogP contribution in [0.25, 0.3) is 0 Å². The fourth-order valence-electron chi connectivity index (χ4n) is 1.05. The van der Waals surface area contributed by atoms with Crippen LogP contribution in [0.3, 0.4) is 0 Å². The molecule has 0 aromatic heterocycles. The first-order valence-electron chi connectivity index (χ1n) is 4.76. The maximum atomic E-state index is 11.4. The Morgan fingerprint density at radius 2 is 2.21 bits per heavy atom. The van der Waals surface area contributed by atoms with E-state index in [1.54, 1.807) is 0 Å². The lowest BCUT2D eigenvalue weighted by molar-refractivity contribution is -0.123. The molecule has 1 amide bonds. The van der Waals surface area contributed by atoms with Crippen LogP contribution in [0, 0.1) is 0 Å². The van der Waals surface area contributed by atoms with Crippen molar-refractivity contribution in [1.29, 1.82) is 0 Å². The van der Waals surface area contributed by atoms with Crippen LogP contribution in [0.2, 0.25) is 0 Å². The fraction of sp³-hybridized carbons (Fsp3) is 0.889. The van der Waals surface area contributed by atoms with Gasteiger partial charge in [-0.25, -0.2) is 0 Å². The standard InChI is InChI=1S/C9H20N2O2S/c1-4-7(10)9(13)11-6(2)8(5-12)14-3/h6-8,12H,4-5,10H2,1-3H3,(H,11,13)/t6?,7-,8?/m0/s1. The van der Waals surface area contributed by atoms with Crippen molar-refractivity contribution in [1.82, 2.24) is 5.32 Å². The Morgan fingerprint density at radius 1 is 1.64 bits per heavy atom. The SMILES string of the molecule is CC[C@H](N)C(=O)NC(C)C(CO)SC. The second-order valence-corrected chi connectivity index (χ2v) is 4.35. The molecular weight excluding hydrogens is 200 g/mol. The molecule has 84 valence electrons. The second-order valence-electron chi connectivity index (χ2n) is 3.27. The maximum Gasteiger partial charge on any atom is 0.237 e. The average Bonchev–Trinajstić information content (AvgIpc) is 2.18. The van der Waals surface area contributed by atoms with Crippen molar-refractivity contribution in [3.05, 3.63) is 0 Å². The highest BCUT2D eigenvalue weighted by Crippen LogP contribution is 2.10. The van der Waals surface area contributed by atoms with E-state index in [4.69, 9.17) is 10.8 Å². The molecule has 0 saturated carbocycles. The quantitative estimate of drug-likeness (QED) is 0.587. The second kappa shape index (κ2) is 7.09. The van der Waals surface area contributed by atoms with Crippen LogP contribution in [-0.4, -0.2) is 41.2 Å². The molecule has 0 radical (unpaired) electrons. The van der Waals surface area contributed by atoms with Gasteiger partial charge in [0.25, 0.3) is 0 Å². The van der Waals surface area contributed by atoms with Gasteiger partial charge in [-0.15, -0.1) is 0 Å². The van der Waals surface area contributed by atoms with E-state index in [1.165, 1.54) is 11.8 Å². The summed E-state index contributed by atoms with van der Waals surface area (Å²) in [6.07, 6.45) is 2.53. The number of thioether (sulfide) groups is 1. The van der Waals surface area contributed by atoms with Crippen molar-refractivity contribution in [2.24, 2.45) is 5.73 Å². The molecule has 0 spiro atoms. The Kier molecular flexibility index (Phi) is 6.96. The van der Waals surface area contributed by atoms with Gasteiger partial charge in [-0.3, -0.25) is 4.79 Å². The van der Waals surface area contributed by atoms with Crippen molar-refractivity contribution < 1.29 is 9.90 Å². The van der Waals surface area contributed by atoms with Gasteiger partial charge in [-0.05, 0) is 19.6 Å². The van der Waals surface area contributed by atoms with Crippen molar-refractivity contribution >= 4 is 17.7 Å². The van der Waals surface area contributed by atoms with E-state index in [0.717, 1.165) is 0 Å². The molecule has 0 heterocycles. The molecule has 0 fully saturated rings. The van der Waals surface area contributed by atoms with Crippen molar-refractivity contribution in [3.63, 3.8) is 0 Å². The number of aliphatic hydroxyl groups is 1. The van der Waals surface area contributed by atoms with E-state index < -0.39 is 6.04 Å². The minimum Gasteiger partial charge on any atom is -0.395 e. The third-order valence-corrected chi connectivity index (χ3v) is 3.35. The van der Waals surface area contributed by atoms with Gasteiger partial charge in [-0.1, -0.05) is 6.92 Å². The molecule has 4 nitrogen and oxygen atoms in total. The smallest absolute Gasteiger partial charge is 0.237 e. The number of nitrogens with two attached hydrogens (primary N) is 1. The summed E-state index contributed by atoms with van der Waals surface area (Å²) in [6, 6.07) is -0.501. The van der Waals surface area contributed by atoms with E-state index in [0.29, 0.717) is 6.42 Å². The van der Waals surface area contributed by atoms with Gasteiger partial charge < -0.3 is 16.2 Å². The number of hydrogen-bond acceptors (Lipinski definition) is 4. The molecule has 0 aliphatic rings. The van der Waals surface area contributed by atoms with Crippen LogP contribution < -0.4 is 11.1 Å². The van der Waals surface area contributed by atoms with Gasteiger partial charge in [0.2, 0.25) is 5.91 Å². The lowest BCUT2D eigenvalue weighted by Crippen LogP contribution is -2.48. The largest absolute Gasteiger partial charge is 0.395 e. The summed E-state index contributed by atoms with van der Waals surface area (Å²) in [4.78, 5) is 11.4. The molecule has 0 aromatic carbocycles. The summed E-state index contributed by atoms with van der Waals surface area (Å²) >= 11 is 1.53. The van der Waals surface area contributed by atoms with E-state index in [-0.39, 0.29) is 23.8 Å². The highest BCUT2D eigenvalue weighted by molar-refractivity contribution is 7.99. The van der Waals surface area contributed by atoms with Crippen LogP contribution in [0.4, 0.5) is 0 Å². The molecule has 0 rings (SSSR count). The Bertz CT molecular complexity index is 174. The van der Waals surface area contributed by atoms with E-state index >= 15 is 0 Å². The Hall–Kier alpha value is -0.260. The minimum atomic E-state index is -0.446. The van der Waals surface area contributed by atoms with Crippen LogP contribution >= 0.6 is 11.8 Å². The number of amides is 1. The van der Waals surface area contributed by atoms with Gasteiger partial charge in [0.15, 0.2) is 0 Å². The number of nitrogens with one attached hydrogen (secondary N) is 1. The first kappa shape index (κ1) is 13.7. The van der Waals surface area contributed by atoms with Crippen molar-refractivity contribution in [2.45, 2.75) is 37.6 Å². The Balaban J connectivity index is 4.03. The lowest BCUT2D eigenvalue weighted by Gasteiger charge is -2.22. The van der Waals surface area contributed by atoms with Crippen LogP contribution in [0.1, 0.15) is 20.3 Å². The van der Waals surface area contributed by atoms with Crippen LogP contribution in [0.15, 0.2) is 0 Å². The summed E-state index contributed by atoms with van der Waals surface area (Å²) in [5, 5.41) is 11.8. The zero-order chi connectivity index (χ0) is 11.1. The first-order chi connectivity index (χ1) is 6.56. The molecule has 0 aromatic rings. The maximum absolute atomic E-state index is 11.4. The topological polar surface area (TPSA) is 75.4 Å². The summed E-state index contributed by atoms with van der Waals surface area (Å²) in [5.41, 5.74) is 5.57. The Morgan fingerprint density at radius 3 is 2.57 bits per heavy atom. The summed E-state index contributed by atoms with van der Waals surface area (Å²) in [6.45, 7) is 3.80. The molecule has 0 aliphatic heterocycles. The highest BCUT2D eigenvalue weighted by atomic mass is 32.2. The number of carbonyl (C=O) groups excluding carboxylic acids is 1. The normalized spacial score (nSPS) is 17.2. The molecular formula is C9H20N2O2S. The third kappa shape index (κ3) is 4.30. The predicted molar refractivity (Wildman–Crippen MR) is 60.3 cm³/mol. The highest BCUT2D eigenvalue weighted by Gasteiger charge is 2.19. The van der Waals surface area contributed by atoms with Gasteiger partial charge in [-0.2, -0.15) is 11.8 Å². The Labute approximate surface area is 89.6 Å². The zero-order valence-electron chi connectivity index (χ0n) is 8.99. The van der Waals surface area contributed by atoms with Crippen LogP contribution in [0.5, 0.6) is 0 Å². The van der Waals surface area contributed by atoms with Crippen LogP contribution in [-0.2, 0) is 4.79 Å². The summed E-state index contributed by atoms with van der Waals surface area (Å²) in [7, 11) is 0. The molecule has 0 saturated heterocycles. The molecule has 4 N–H and O–H groups in total. The number of aliphatic hydroxyl groups excluding tert-OH is 1. The van der Waals surface area contributed by atoms with Gasteiger partial charge in [0.05, 0.1) is 12.6 Å². The third-order valence-electron chi connectivity index (χ3n) is 2.19. The number of rotatable bonds is 6. The monoisotopic (exact) mass is 220 g/mol. The van der Waals surface area contributed by atoms with Gasteiger partial charge in [0, 0.05) is 11.3 Å². The van der Waals surface area contributed by atoms with Gasteiger partial charge >= 0.3 is 0 Å². The predicted octanol–water partition coefficient (Wildman–Crippen LogP) is -0.0477. The van der Waals surface area contributed by atoms with Gasteiger partial charge in [0.1, 0.15) is 0 Å². The van der Waals surface area contributed by atoms with E-state index in [2.05, 4.69) is 5.32 Å². The lowest BCUT2D eigenvalue weighted by atomic mass is 10.2. The zero-order valence-corrected chi connectivity index (χ0v) is 9.80. The first-order valence-corrected chi connectivity index (χ1v) is 6.05. The molecule has 2 unspecified atom stereocenters. The van der Waals surface area contributed by atoms with Crippen molar-refractivity contribution in [2.75, 3.05) is 12.9 Å². The molecule has 14 heavy (non-hydrogen) atoms. The summed E-state index contributed by atoms with van der Waals surface area (Å²) < 4.78 is 0. The summed E-state index contributed by atoms with van der Waals surface area (Å²) in [5.74, 6) is -0.146. The minimum absolute atomic E-state index is 0.0306. The number of hydrogen-bond donors (Lipinski definition) is 3. The molecule has 0 bridgehead atoms. The molecule has 5 heteroatoms. The number of carbonyl (C=O) groups is 1. The fourth-order valence-corrected chi connectivity index (χ4v) is 1.67. The van der Waals surface area contributed by atoms with E-state index in [9.17, 15) is 4.79 Å². The molecule has 0 aliphatic carbocycles. The average molecular weight is 220 g/mol. The van der Waals surface area contributed by atoms with E-state index in [1.807, 2.05) is 20.1 Å².